The van der Waals surface area contributed by atoms with Crippen molar-refractivity contribution in [2.45, 2.75) is 51.3 Å². The molecule has 0 amide bonds. The molecular formula is C13H20N2O2S. The Balaban J connectivity index is 1.56. The summed E-state index contributed by atoms with van der Waals surface area (Å²) in [6.45, 7) is 3.66. The second kappa shape index (κ2) is 4.79. The topological polar surface area (TPSA) is 54.1 Å². The zero-order chi connectivity index (χ0) is 12.6. The number of aromatic amines is 1. The smallest absolute Gasteiger partial charge is 0.304 e. The summed E-state index contributed by atoms with van der Waals surface area (Å²) in [6, 6.07) is 0.561. The highest BCUT2D eigenvalue weighted by Gasteiger charge is 2.58. The molecule has 0 aliphatic heterocycles. The molecule has 2 aliphatic rings. The van der Waals surface area contributed by atoms with Crippen molar-refractivity contribution in [3.05, 3.63) is 20.7 Å². The second-order valence-electron chi connectivity index (χ2n) is 5.37. The third-order valence-corrected chi connectivity index (χ3v) is 5.27. The molecule has 5 heteroatoms. The van der Waals surface area contributed by atoms with Crippen LogP contribution in [0.5, 0.6) is 0 Å². The Kier molecular flexibility index (Phi) is 3.30. The standard InChI is InChI=1S/C13H20N2O2S/c1-2-17-11-6-10(13(11)4-3-5-13)14-7-9-8-18-12(16)15-9/h8,10-11,14H,2-7H2,1H3,(H,15,16). The Morgan fingerprint density at radius 2 is 2.44 bits per heavy atom. The van der Waals surface area contributed by atoms with Crippen LogP contribution in [-0.2, 0) is 11.3 Å². The minimum Gasteiger partial charge on any atom is -0.378 e. The number of nitrogens with one attached hydrogen (secondary N) is 2. The predicted octanol–water partition coefficient (Wildman–Crippen LogP) is 1.87. The SMILES string of the molecule is CCOC1CC(NCc2csc(=O)[nH]2)C12CCC2. The van der Waals surface area contributed by atoms with Crippen LogP contribution in [0.1, 0.15) is 38.3 Å². The number of thiazole rings is 1. The lowest BCUT2D eigenvalue weighted by atomic mass is 9.51. The van der Waals surface area contributed by atoms with E-state index in [-0.39, 0.29) is 4.87 Å². The van der Waals surface area contributed by atoms with E-state index in [1.165, 1.54) is 30.6 Å². The number of rotatable bonds is 5. The highest BCUT2D eigenvalue weighted by molar-refractivity contribution is 7.07. The molecule has 2 saturated carbocycles. The van der Waals surface area contributed by atoms with Crippen molar-refractivity contribution < 1.29 is 4.74 Å². The van der Waals surface area contributed by atoms with E-state index in [2.05, 4.69) is 17.2 Å². The molecule has 2 fully saturated rings. The van der Waals surface area contributed by atoms with Gasteiger partial charge in [-0.25, -0.2) is 0 Å². The molecule has 1 aromatic rings. The third-order valence-electron chi connectivity index (χ3n) is 4.55. The maximum Gasteiger partial charge on any atom is 0.304 e. The van der Waals surface area contributed by atoms with Crippen LogP contribution in [0.4, 0.5) is 0 Å². The summed E-state index contributed by atoms with van der Waals surface area (Å²) in [4.78, 5) is 13.9. The van der Waals surface area contributed by atoms with Gasteiger partial charge in [-0.1, -0.05) is 17.8 Å². The van der Waals surface area contributed by atoms with Gasteiger partial charge < -0.3 is 15.0 Å². The molecule has 2 aliphatic carbocycles. The van der Waals surface area contributed by atoms with Gasteiger partial charge in [0.15, 0.2) is 0 Å². The fourth-order valence-electron chi connectivity index (χ4n) is 3.36. The van der Waals surface area contributed by atoms with E-state index in [9.17, 15) is 4.79 Å². The van der Waals surface area contributed by atoms with Crippen LogP contribution in [0.3, 0.4) is 0 Å². The maximum absolute atomic E-state index is 11.1. The van der Waals surface area contributed by atoms with E-state index in [1.807, 2.05) is 5.38 Å². The van der Waals surface area contributed by atoms with Crippen LogP contribution in [0.2, 0.25) is 0 Å². The number of hydrogen-bond donors (Lipinski definition) is 2. The molecule has 0 aromatic carbocycles. The Morgan fingerprint density at radius 1 is 1.61 bits per heavy atom. The summed E-state index contributed by atoms with van der Waals surface area (Å²) in [7, 11) is 0. The number of hydrogen-bond acceptors (Lipinski definition) is 4. The summed E-state index contributed by atoms with van der Waals surface area (Å²) in [5.74, 6) is 0. The molecule has 2 N–H and O–H groups in total. The number of H-pyrrole nitrogens is 1. The maximum atomic E-state index is 11.1. The average molecular weight is 268 g/mol. The number of aromatic nitrogens is 1. The van der Waals surface area contributed by atoms with E-state index in [4.69, 9.17) is 4.74 Å². The molecule has 0 radical (unpaired) electrons. The Labute approximate surface area is 111 Å². The van der Waals surface area contributed by atoms with E-state index in [0.717, 1.165) is 25.3 Å². The quantitative estimate of drug-likeness (QED) is 0.857. The fourth-order valence-corrected chi connectivity index (χ4v) is 3.94. The van der Waals surface area contributed by atoms with Crippen molar-refractivity contribution in [3.8, 4) is 0 Å². The van der Waals surface area contributed by atoms with Crippen LogP contribution in [0, 0.1) is 5.41 Å². The van der Waals surface area contributed by atoms with Crippen molar-refractivity contribution in [2.75, 3.05) is 6.61 Å². The van der Waals surface area contributed by atoms with Gasteiger partial charge in [-0.3, -0.25) is 4.79 Å². The van der Waals surface area contributed by atoms with Crippen molar-refractivity contribution in [2.24, 2.45) is 5.41 Å². The molecule has 4 nitrogen and oxygen atoms in total. The van der Waals surface area contributed by atoms with Crippen molar-refractivity contribution in [3.63, 3.8) is 0 Å². The first kappa shape index (κ1) is 12.4. The van der Waals surface area contributed by atoms with Crippen LogP contribution in [0.25, 0.3) is 0 Å². The van der Waals surface area contributed by atoms with Gasteiger partial charge in [-0.05, 0) is 26.2 Å². The summed E-state index contributed by atoms with van der Waals surface area (Å²) >= 11 is 1.23. The van der Waals surface area contributed by atoms with Crippen LogP contribution >= 0.6 is 11.3 Å². The largest absolute Gasteiger partial charge is 0.378 e. The lowest BCUT2D eigenvalue weighted by Crippen LogP contribution is -2.66. The molecule has 0 saturated heterocycles. The molecule has 3 rings (SSSR count). The van der Waals surface area contributed by atoms with Crippen LogP contribution in [-0.4, -0.2) is 23.7 Å². The van der Waals surface area contributed by atoms with Gasteiger partial charge in [-0.2, -0.15) is 0 Å². The van der Waals surface area contributed by atoms with Crippen molar-refractivity contribution in [1.82, 2.24) is 10.3 Å². The Morgan fingerprint density at radius 3 is 3.00 bits per heavy atom. The minimum absolute atomic E-state index is 0.0333. The first-order valence-corrected chi connectivity index (χ1v) is 7.64. The normalized spacial score (nSPS) is 28.9. The summed E-state index contributed by atoms with van der Waals surface area (Å²) in [5, 5.41) is 5.49. The van der Waals surface area contributed by atoms with Gasteiger partial charge in [0.1, 0.15) is 0 Å². The number of ether oxygens (including phenoxy) is 1. The zero-order valence-electron chi connectivity index (χ0n) is 10.7. The van der Waals surface area contributed by atoms with Crippen LogP contribution in [0.15, 0.2) is 10.2 Å². The predicted molar refractivity (Wildman–Crippen MR) is 71.9 cm³/mol. The zero-order valence-corrected chi connectivity index (χ0v) is 11.5. The van der Waals surface area contributed by atoms with E-state index < -0.39 is 0 Å². The first-order valence-electron chi connectivity index (χ1n) is 6.76. The lowest BCUT2D eigenvalue weighted by molar-refractivity contribution is -0.173. The molecular weight excluding hydrogens is 248 g/mol. The van der Waals surface area contributed by atoms with E-state index in [0.29, 0.717) is 17.6 Å². The molecule has 100 valence electrons. The fraction of sp³-hybridized carbons (Fsp3) is 0.769. The van der Waals surface area contributed by atoms with Gasteiger partial charge >= 0.3 is 4.87 Å². The van der Waals surface area contributed by atoms with Gasteiger partial charge in [0, 0.05) is 35.7 Å². The minimum atomic E-state index is 0.0333. The Hall–Kier alpha value is -0.650. The van der Waals surface area contributed by atoms with Crippen LogP contribution < -0.4 is 10.2 Å². The Bertz CT molecular complexity index is 464. The molecule has 2 atom stereocenters. The van der Waals surface area contributed by atoms with E-state index in [1.54, 1.807) is 0 Å². The monoisotopic (exact) mass is 268 g/mol. The molecule has 1 spiro atoms. The molecule has 1 aromatic heterocycles. The molecule has 18 heavy (non-hydrogen) atoms. The van der Waals surface area contributed by atoms with Gasteiger partial charge in [-0.15, -0.1) is 0 Å². The average Bonchev–Trinajstić information content (AvgIpc) is 2.66. The highest BCUT2D eigenvalue weighted by atomic mass is 32.1. The molecule has 1 heterocycles. The summed E-state index contributed by atoms with van der Waals surface area (Å²) < 4.78 is 5.83. The molecule has 2 unspecified atom stereocenters. The summed E-state index contributed by atoms with van der Waals surface area (Å²) in [5.41, 5.74) is 1.39. The summed E-state index contributed by atoms with van der Waals surface area (Å²) in [6.07, 6.45) is 5.47. The second-order valence-corrected chi connectivity index (χ2v) is 6.22. The van der Waals surface area contributed by atoms with Gasteiger partial charge in [0.2, 0.25) is 0 Å². The highest BCUT2D eigenvalue weighted by Crippen LogP contribution is 2.57. The van der Waals surface area contributed by atoms with Crippen molar-refractivity contribution in [1.29, 1.82) is 0 Å². The first-order chi connectivity index (χ1) is 8.74. The van der Waals surface area contributed by atoms with E-state index >= 15 is 0 Å². The third kappa shape index (κ3) is 1.94. The van der Waals surface area contributed by atoms with Gasteiger partial charge in [0.25, 0.3) is 0 Å². The van der Waals surface area contributed by atoms with Gasteiger partial charge in [0.05, 0.1) is 6.10 Å². The van der Waals surface area contributed by atoms with Crippen molar-refractivity contribution >= 4 is 11.3 Å². The lowest BCUT2D eigenvalue weighted by Gasteiger charge is -2.61. The molecule has 0 bridgehead atoms.